The number of methoxy groups -OCH3 is 1. The summed E-state index contributed by atoms with van der Waals surface area (Å²) in [6.07, 6.45) is 3.49. The molecule has 0 bridgehead atoms. The van der Waals surface area contributed by atoms with Gasteiger partial charge in [0.05, 0.1) is 7.11 Å². The van der Waals surface area contributed by atoms with Crippen LogP contribution < -0.4 is 15.8 Å². The van der Waals surface area contributed by atoms with Crippen LogP contribution in [0, 0.1) is 0 Å². The lowest BCUT2D eigenvalue weighted by molar-refractivity contribution is -0.117. The summed E-state index contributed by atoms with van der Waals surface area (Å²) in [5.74, 6) is 0.305. The molecule has 1 aromatic heterocycles. The Hall–Kier alpha value is -3.18. The molecule has 1 heterocycles. The van der Waals surface area contributed by atoms with Crippen molar-refractivity contribution >= 4 is 11.6 Å². The molecule has 3 aromatic rings. The fourth-order valence-corrected chi connectivity index (χ4v) is 2.57. The summed E-state index contributed by atoms with van der Waals surface area (Å²) in [4.78, 5) is 16.4. The summed E-state index contributed by atoms with van der Waals surface area (Å²) in [6, 6.07) is 17.9. The van der Waals surface area contributed by atoms with E-state index >= 15 is 0 Å². The molecule has 1 amide bonds. The first-order valence-electron chi connectivity index (χ1n) is 7.89. The molecule has 0 spiro atoms. The Morgan fingerprint density at radius 1 is 1.00 bits per heavy atom. The number of aromatic nitrogens is 1. The van der Waals surface area contributed by atoms with Crippen molar-refractivity contribution in [1.29, 1.82) is 0 Å². The monoisotopic (exact) mass is 333 g/mol. The molecule has 1 atom stereocenters. The molecule has 0 radical (unpaired) electrons. The highest BCUT2D eigenvalue weighted by atomic mass is 16.5. The van der Waals surface area contributed by atoms with Gasteiger partial charge < -0.3 is 15.8 Å². The normalized spacial score (nSPS) is 11.6. The number of para-hydroxylation sites is 1. The minimum absolute atomic E-state index is 0.291. The number of rotatable bonds is 5. The number of carbonyl (C=O) groups excluding carboxylic acids is 1. The van der Waals surface area contributed by atoms with Crippen LogP contribution >= 0.6 is 0 Å². The van der Waals surface area contributed by atoms with Gasteiger partial charge in [-0.3, -0.25) is 9.78 Å². The van der Waals surface area contributed by atoms with Crippen LogP contribution in [0.15, 0.2) is 73.1 Å². The van der Waals surface area contributed by atoms with E-state index in [0.717, 1.165) is 11.1 Å². The fourth-order valence-electron chi connectivity index (χ4n) is 2.57. The molecule has 25 heavy (non-hydrogen) atoms. The molecule has 0 aliphatic rings. The van der Waals surface area contributed by atoms with Crippen molar-refractivity contribution in [3.63, 3.8) is 0 Å². The molecule has 126 valence electrons. The molecule has 3 N–H and O–H groups in total. The predicted molar refractivity (Wildman–Crippen MR) is 98.2 cm³/mol. The van der Waals surface area contributed by atoms with Gasteiger partial charge in [-0.15, -0.1) is 0 Å². The zero-order valence-corrected chi connectivity index (χ0v) is 13.8. The van der Waals surface area contributed by atoms with Crippen molar-refractivity contribution in [2.75, 3.05) is 12.4 Å². The van der Waals surface area contributed by atoms with Gasteiger partial charge in [-0.1, -0.05) is 30.3 Å². The van der Waals surface area contributed by atoms with Crippen LogP contribution in [0.1, 0.15) is 11.6 Å². The molecule has 0 aliphatic carbocycles. The highest BCUT2D eigenvalue weighted by Gasteiger charge is 2.19. The van der Waals surface area contributed by atoms with E-state index in [0.29, 0.717) is 17.0 Å². The maximum Gasteiger partial charge on any atom is 0.246 e. The van der Waals surface area contributed by atoms with Gasteiger partial charge in [0.15, 0.2) is 0 Å². The summed E-state index contributed by atoms with van der Waals surface area (Å²) in [5.41, 5.74) is 9.54. The lowest BCUT2D eigenvalue weighted by Gasteiger charge is -2.15. The Kier molecular flexibility index (Phi) is 5.06. The number of amides is 1. The number of anilines is 1. The van der Waals surface area contributed by atoms with Crippen molar-refractivity contribution in [1.82, 2.24) is 4.98 Å². The van der Waals surface area contributed by atoms with Crippen LogP contribution in [0.3, 0.4) is 0 Å². The van der Waals surface area contributed by atoms with Crippen molar-refractivity contribution < 1.29 is 9.53 Å². The molecule has 0 fully saturated rings. The summed E-state index contributed by atoms with van der Waals surface area (Å²) < 4.78 is 5.27. The van der Waals surface area contributed by atoms with Gasteiger partial charge in [0.1, 0.15) is 11.8 Å². The van der Waals surface area contributed by atoms with E-state index in [4.69, 9.17) is 10.5 Å². The number of nitrogens with one attached hydrogen (secondary N) is 1. The third kappa shape index (κ3) is 3.84. The van der Waals surface area contributed by atoms with Crippen molar-refractivity contribution in [2.45, 2.75) is 6.04 Å². The number of benzene rings is 2. The van der Waals surface area contributed by atoms with E-state index in [1.54, 1.807) is 31.6 Å². The lowest BCUT2D eigenvalue weighted by atomic mass is 10.0. The summed E-state index contributed by atoms with van der Waals surface area (Å²) in [5, 5.41) is 2.84. The van der Waals surface area contributed by atoms with Gasteiger partial charge in [-0.2, -0.15) is 0 Å². The Labute approximate surface area is 146 Å². The van der Waals surface area contributed by atoms with E-state index in [1.165, 1.54) is 0 Å². The van der Waals surface area contributed by atoms with Crippen molar-refractivity contribution in [2.24, 2.45) is 5.73 Å². The van der Waals surface area contributed by atoms with Crippen LogP contribution in [-0.2, 0) is 4.79 Å². The molecule has 0 saturated heterocycles. The van der Waals surface area contributed by atoms with E-state index < -0.39 is 6.04 Å². The van der Waals surface area contributed by atoms with Crippen LogP contribution in [0.25, 0.3) is 11.1 Å². The van der Waals surface area contributed by atoms with E-state index in [2.05, 4.69) is 10.3 Å². The molecule has 0 saturated carbocycles. The first-order valence-corrected chi connectivity index (χ1v) is 7.89. The number of carbonyl (C=O) groups is 1. The first-order chi connectivity index (χ1) is 12.2. The molecule has 1 unspecified atom stereocenters. The third-order valence-corrected chi connectivity index (χ3v) is 3.92. The maximum absolute atomic E-state index is 12.4. The number of ether oxygens (including phenoxy) is 1. The lowest BCUT2D eigenvalue weighted by Crippen LogP contribution is -2.28. The van der Waals surface area contributed by atoms with Gasteiger partial charge in [0.25, 0.3) is 0 Å². The van der Waals surface area contributed by atoms with Crippen LogP contribution in [0.5, 0.6) is 5.75 Å². The maximum atomic E-state index is 12.4. The second-order valence-corrected chi connectivity index (χ2v) is 5.52. The second kappa shape index (κ2) is 7.59. The number of hydrogen-bond acceptors (Lipinski definition) is 4. The molecular weight excluding hydrogens is 314 g/mol. The summed E-state index contributed by atoms with van der Waals surface area (Å²) in [7, 11) is 1.56. The number of hydrogen-bond donors (Lipinski definition) is 2. The highest BCUT2D eigenvalue weighted by molar-refractivity contribution is 5.96. The smallest absolute Gasteiger partial charge is 0.246 e. The molecule has 5 heteroatoms. The van der Waals surface area contributed by atoms with E-state index in [9.17, 15) is 4.79 Å². The van der Waals surface area contributed by atoms with Gasteiger partial charge in [0.2, 0.25) is 5.91 Å². The molecular formula is C20H19N3O2. The average molecular weight is 333 g/mol. The van der Waals surface area contributed by atoms with E-state index in [-0.39, 0.29) is 5.91 Å². The predicted octanol–water partition coefficient (Wildman–Crippen LogP) is 3.40. The molecule has 3 rings (SSSR count). The Morgan fingerprint density at radius 2 is 1.64 bits per heavy atom. The summed E-state index contributed by atoms with van der Waals surface area (Å²) >= 11 is 0. The van der Waals surface area contributed by atoms with Gasteiger partial charge in [-0.25, -0.2) is 0 Å². The Balaban J connectivity index is 1.72. The quantitative estimate of drug-likeness (QED) is 0.750. The minimum Gasteiger partial charge on any atom is -0.496 e. The Morgan fingerprint density at radius 3 is 2.32 bits per heavy atom. The number of nitrogens with zero attached hydrogens (tertiary/aromatic N) is 1. The van der Waals surface area contributed by atoms with Gasteiger partial charge in [-0.05, 0) is 41.5 Å². The second-order valence-electron chi connectivity index (χ2n) is 5.52. The zero-order valence-electron chi connectivity index (χ0n) is 13.8. The fraction of sp³-hybridized carbons (Fsp3) is 0.100. The molecule has 5 nitrogen and oxygen atoms in total. The molecule has 2 aromatic carbocycles. The first kappa shape index (κ1) is 16.7. The highest BCUT2D eigenvalue weighted by Crippen LogP contribution is 2.25. The van der Waals surface area contributed by atoms with Crippen LogP contribution in [0.2, 0.25) is 0 Å². The SMILES string of the molecule is COc1ccccc1C(N)C(=O)Nc1ccc(-c2ccncc2)cc1. The topological polar surface area (TPSA) is 77.2 Å². The Bertz CT molecular complexity index is 848. The van der Waals surface area contributed by atoms with Crippen LogP contribution in [0.4, 0.5) is 5.69 Å². The minimum atomic E-state index is -0.809. The number of nitrogens with two attached hydrogens (primary N) is 1. The van der Waals surface area contributed by atoms with E-state index in [1.807, 2.05) is 48.5 Å². The van der Waals surface area contributed by atoms with Gasteiger partial charge >= 0.3 is 0 Å². The summed E-state index contributed by atoms with van der Waals surface area (Å²) in [6.45, 7) is 0. The average Bonchev–Trinajstić information content (AvgIpc) is 2.68. The number of pyridine rings is 1. The van der Waals surface area contributed by atoms with Crippen LogP contribution in [-0.4, -0.2) is 18.0 Å². The van der Waals surface area contributed by atoms with Gasteiger partial charge in [0, 0.05) is 23.6 Å². The largest absolute Gasteiger partial charge is 0.496 e. The zero-order chi connectivity index (χ0) is 17.6. The van der Waals surface area contributed by atoms with Crippen molar-refractivity contribution in [3.8, 4) is 16.9 Å². The molecule has 0 aliphatic heterocycles. The van der Waals surface area contributed by atoms with Crippen molar-refractivity contribution in [3.05, 3.63) is 78.6 Å². The standard InChI is InChI=1S/C20H19N3O2/c1-25-18-5-3-2-4-17(18)19(21)20(24)23-16-8-6-14(7-9-16)15-10-12-22-13-11-15/h2-13,19H,21H2,1H3,(H,23,24). The third-order valence-electron chi connectivity index (χ3n) is 3.92.